The van der Waals surface area contributed by atoms with Crippen LogP contribution in [0.25, 0.3) is 16.6 Å². The van der Waals surface area contributed by atoms with Crippen molar-refractivity contribution in [3.63, 3.8) is 0 Å². The highest BCUT2D eigenvalue weighted by Gasteiger charge is 2.21. The summed E-state index contributed by atoms with van der Waals surface area (Å²) in [6.45, 7) is 4.38. The normalized spacial score (nSPS) is 13.3. The van der Waals surface area contributed by atoms with Gasteiger partial charge in [-0.2, -0.15) is 0 Å². The SMILES string of the molecule is Cc1ccc(S(=O)(=O)NC(=O)Nc2ccc(-n3c(C)nc4cc(C5=NCCO5)ccc4c3=O)c(F)c2)s1. The number of nitrogens with zero attached hydrogens (tertiary/aromatic N) is 3. The molecule has 5 rings (SSSR count). The van der Waals surface area contributed by atoms with Crippen LogP contribution in [0, 0.1) is 19.7 Å². The van der Waals surface area contributed by atoms with Gasteiger partial charge < -0.3 is 10.1 Å². The highest BCUT2D eigenvalue weighted by Crippen LogP contribution is 2.22. The topological polar surface area (TPSA) is 132 Å². The molecule has 0 unspecified atom stereocenters. The van der Waals surface area contributed by atoms with Crippen molar-refractivity contribution in [3.05, 3.63) is 81.0 Å². The van der Waals surface area contributed by atoms with E-state index < -0.39 is 27.4 Å². The minimum absolute atomic E-state index is 0.00209. The number of aliphatic imine (C=N–C) groups is 1. The number of hydrogen-bond donors (Lipinski definition) is 2. The molecule has 1 aliphatic heterocycles. The number of anilines is 1. The summed E-state index contributed by atoms with van der Waals surface area (Å²) < 4.78 is 48.3. The van der Waals surface area contributed by atoms with E-state index in [4.69, 9.17) is 4.74 Å². The Bertz CT molecular complexity index is 1760. The molecule has 1 aliphatic rings. The van der Waals surface area contributed by atoms with Crippen molar-refractivity contribution in [3.8, 4) is 5.69 Å². The largest absolute Gasteiger partial charge is 0.476 e. The number of rotatable bonds is 5. The number of carbonyl (C=O) groups is 1. The molecule has 0 aliphatic carbocycles. The fourth-order valence-corrected chi connectivity index (χ4v) is 6.07. The summed E-state index contributed by atoms with van der Waals surface area (Å²) in [7, 11) is -4.07. The van der Waals surface area contributed by atoms with E-state index in [1.807, 2.05) is 4.72 Å². The van der Waals surface area contributed by atoms with E-state index in [0.717, 1.165) is 26.8 Å². The quantitative estimate of drug-likeness (QED) is 0.398. The maximum atomic E-state index is 15.1. The lowest BCUT2D eigenvalue weighted by molar-refractivity contribution is 0.256. The maximum Gasteiger partial charge on any atom is 0.333 e. The molecule has 10 nitrogen and oxygen atoms in total. The van der Waals surface area contributed by atoms with Crippen molar-refractivity contribution in [2.75, 3.05) is 18.5 Å². The standard InChI is InChI=1S/C24H20FN5O5S2/c1-13-3-8-21(36-13)37(33,34)29-24(32)28-16-5-7-20(18(25)12-16)30-14(2)27-19-11-15(22-26-9-10-35-22)4-6-17(19)23(30)31/h3-8,11-12H,9-10H2,1-2H3,(H2,28,29,32). The van der Waals surface area contributed by atoms with Crippen molar-refractivity contribution < 1.29 is 22.3 Å². The number of aromatic nitrogens is 2. The Hall–Kier alpha value is -4.10. The second-order valence-electron chi connectivity index (χ2n) is 8.16. The van der Waals surface area contributed by atoms with E-state index in [2.05, 4.69) is 15.3 Å². The van der Waals surface area contributed by atoms with E-state index >= 15 is 4.39 Å². The number of amides is 2. The van der Waals surface area contributed by atoms with Gasteiger partial charge in [-0.3, -0.25) is 9.36 Å². The van der Waals surface area contributed by atoms with Crippen LogP contribution in [0.3, 0.4) is 0 Å². The Morgan fingerprint density at radius 3 is 2.62 bits per heavy atom. The first kappa shape index (κ1) is 24.6. The van der Waals surface area contributed by atoms with Crippen molar-refractivity contribution >= 4 is 49.9 Å². The molecule has 0 atom stereocenters. The Morgan fingerprint density at radius 1 is 1.14 bits per heavy atom. The van der Waals surface area contributed by atoms with Gasteiger partial charge in [0.15, 0.2) is 0 Å². The van der Waals surface area contributed by atoms with Crippen molar-refractivity contribution in [1.82, 2.24) is 14.3 Å². The molecule has 0 radical (unpaired) electrons. The van der Waals surface area contributed by atoms with Gasteiger partial charge in [0.2, 0.25) is 5.90 Å². The average molecular weight is 542 g/mol. The van der Waals surface area contributed by atoms with Crippen molar-refractivity contribution in [2.24, 2.45) is 4.99 Å². The van der Waals surface area contributed by atoms with Crippen molar-refractivity contribution in [2.45, 2.75) is 18.1 Å². The summed E-state index contributed by atoms with van der Waals surface area (Å²) in [5.41, 5.74) is 0.574. The summed E-state index contributed by atoms with van der Waals surface area (Å²) in [6.07, 6.45) is 0. The molecule has 0 bridgehead atoms. The fourth-order valence-electron chi connectivity index (χ4n) is 3.87. The van der Waals surface area contributed by atoms with Crippen molar-refractivity contribution in [1.29, 1.82) is 0 Å². The zero-order valence-electron chi connectivity index (χ0n) is 19.6. The van der Waals surface area contributed by atoms with Gasteiger partial charge >= 0.3 is 6.03 Å². The van der Waals surface area contributed by atoms with Crippen LogP contribution in [-0.2, 0) is 14.8 Å². The fraction of sp³-hybridized carbons (Fsp3) is 0.167. The molecule has 3 heterocycles. The Morgan fingerprint density at radius 2 is 1.95 bits per heavy atom. The number of thiophene rings is 1. The van der Waals surface area contributed by atoms with Crippen LogP contribution in [0.1, 0.15) is 16.3 Å². The highest BCUT2D eigenvalue weighted by atomic mass is 32.2. The van der Waals surface area contributed by atoms with E-state index in [1.54, 1.807) is 38.1 Å². The number of halogens is 1. The van der Waals surface area contributed by atoms with Gasteiger partial charge in [0.1, 0.15) is 22.5 Å². The van der Waals surface area contributed by atoms with Crippen LogP contribution in [0.2, 0.25) is 0 Å². The average Bonchev–Trinajstić information content (AvgIpc) is 3.52. The number of benzene rings is 2. The number of ether oxygens (including phenoxy) is 1. The Labute approximate surface area is 214 Å². The van der Waals surface area contributed by atoms with Crippen LogP contribution in [0.15, 0.2) is 62.5 Å². The molecular formula is C24H20FN5O5S2. The molecule has 2 aromatic carbocycles. The summed E-state index contributed by atoms with van der Waals surface area (Å²) in [5, 5.41) is 2.58. The summed E-state index contributed by atoms with van der Waals surface area (Å²) in [5.74, 6) is -0.0770. The molecule has 2 amide bonds. The molecule has 0 saturated heterocycles. The number of sulfonamides is 1. The number of aryl methyl sites for hydroxylation is 2. The first-order chi connectivity index (χ1) is 17.6. The molecular weight excluding hydrogens is 521 g/mol. The third-order valence-corrected chi connectivity index (χ3v) is 8.35. The van der Waals surface area contributed by atoms with Crippen LogP contribution in [0.5, 0.6) is 0 Å². The summed E-state index contributed by atoms with van der Waals surface area (Å²) >= 11 is 1.01. The van der Waals surface area contributed by atoms with Crippen LogP contribution in [0.4, 0.5) is 14.9 Å². The predicted octanol–water partition coefficient (Wildman–Crippen LogP) is 3.49. The molecule has 0 saturated carbocycles. The molecule has 37 heavy (non-hydrogen) atoms. The predicted molar refractivity (Wildman–Crippen MR) is 138 cm³/mol. The third-order valence-electron chi connectivity index (χ3n) is 5.52. The number of urea groups is 1. The van der Waals surface area contributed by atoms with Gasteiger partial charge in [-0.25, -0.2) is 32.3 Å². The van der Waals surface area contributed by atoms with Gasteiger partial charge in [-0.15, -0.1) is 11.3 Å². The summed E-state index contributed by atoms with van der Waals surface area (Å²) in [4.78, 5) is 35.0. The first-order valence-electron chi connectivity index (χ1n) is 11.0. The smallest absolute Gasteiger partial charge is 0.333 e. The lowest BCUT2D eigenvalue weighted by Gasteiger charge is -2.14. The zero-order chi connectivity index (χ0) is 26.3. The molecule has 2 N–H and O–H groups in total. The van der Waals surface area contributed by atoms with Gasteiger partial charge in [0.05, 0.1) is 23.1 Å². The monoisotopic (exact) mass is 541 g/mol. The van der Waals surface area contributed by atoms with Gasteiger partial charge in [-0.05, 0) is 62.4 Å². The van der Waals surface area contributed by atoms with Gasteiger partial charge in [-0.1, -0.05) is 0 Å². The molecule has 4 aromatic rings. The van der Waals surface area contributed by atoms with E-state index in [-0.39, 0.29) is 26.8 Å². The summed E-state index contributed by atoms with van der Waals surface area (Å²) in [6, 6.07) is 10.6. The lowest BCUT2D eigenvalue weighted by atomic mass is 10.1. The van der Waals surface area contributed by atoms with Crippen LogP contribution >= 0.6 is 11.3 Å². The maximum absolute atomic E-state index is 15.1. The minimum Gasteiger partial charge on any atom is -0.476 e. The van der Waals surface area contributed by atoms with Crippen LogP contribution in [-0.4, -0.2) is 43.0 Å². The second kappa shape index (κ2) is 9.41. The van der Waals surface area contributed by atoms with Gasteiger partial charge in [0, 0.05) is 16.1 Å². The zero-order valence-corrected chi connectivity index (χ0v) is 21.2. The van der Waals surface area contributed by atoms with Gasteiger partial charge in [0.25, 0.3) is 15.6 Å². The second-order valence-corrected chi connectivity index (χ2v) is 11.4. The first-order valence-corrected chi connectivity index (χ1v) is 13.3. The lowest BCUT2D eigenvalue weighted by Crippen LogP contribution is -2.34. The number of hydrogen-bond acceptors (Lipinski definition) is 8. The molecule has 190 valence electrons. The molecule has 2 aromatic heterocycles. The number of fused-ring (bicyclic) bond motifs is 1. The van der Waals surface area contributed by atoms with E-state index in [0.29, 0.717) is 30.1 Å². The highest BCUT2D eigenvalue weighted by molar-refractivity contribution is 7.92. The third kappa shape index (κ3) is 4.82. The minimum atomic E-state index is -4.07. The Kier molecular flexibility index (Phi) is 6.25. The van der Waals surface area contributed by atoms with E-state index in [9.17, 15) is 18.0 Å². The van der Waals surface area contributed by atoms with E-state index in [1.165, 1.54) is 18.2 Å². The molecule has 0 spiro atoms. The molecule has 13 heteroatoms. The molecule has 0 fully saturated rings. The Balaban J connectivity index is 1.41. The number of nitrogens with one attached hydrogen (secondary N) is 2. The number of carbonyl (C=O) groups excluding carboxylic acids is 1. The van der Waals surface area contributed by atoms with Crippen LogP contribution < -0.4 is 15.6 Å².